The number of anilines is 2. The Bertz CT molecular complexity index is 1030. The van der Waals surface area contributed by atoms with Crippen LogP contribution in [0.5, 0.6) is 0 Å². The topological polar surface area (TPSA) is 96.3 Å². The van der Waals surface area contributed by atoms with Crippen LogP contribution >= 0.6 is 0 Å². The Balaban J connectivity index is 1.66. The van der Waals surface area contributed by atoms with Gasteiger partial charge in [-0.3, -0.25) is 9.59 Å². The van der Waals surface area contributed by atoms with E-state index in [0.717, 1.165) is 11.0 Å². The van der Waals surface area contributed by atoms with Crippen LogP contribution < -0.4 is 10.6 Å². The molecule has 0 saturated carbocycles. The molecule has 0 saturated heterocycles. The first-order valence-electron chi connectivity index (χ1n) is 8.17. The van der Waals surface area contributed by atoms with Crippen molar-refractivity contribution in [2.45, 2.75) is 13.0 Å². The van der Waals surface area contributed by atoms with E-state index in [2.05, 4.69) is 15.6 Å². The first-order chi connectivity index (χ1) is 12.7. The summed E-state index contributed by atoms with van der Waals surface area (Å²) in [5, 5.41) is 15.6. The maximum Gasteiger partial charge on any atom is 0.262 e. The Morgan fingerprint density at radius 2 is 1.85 bits per heavy atom. The molecule has 0 unspecified atom stereocenters. The third-order valence-electron chi connectivity index (χ3n) is 4.33. The molecule has 0 fully saturated rings. The Labute approximate surface area is 149 Å². The van der Waals surface area contributed by atoms with Crippen LogP contribution in [0.1, 0.15) is 12.2 Å². The van der Waals surface area contributed by atoms with E-state index in [4.69, 9.17) is 0 Å². The fraction of sp³-hybridized carbons (Fsp3) is 0.105. The maximum atomic E-state index is 12.8. The van der Waals surface area contributed by atoms with Crippen molar-refractivity contribution in [3.63, 3.8) is 0 Å². The zero-order chi connectivity index (χ0) is 18.1. The van der Waals surface area contributed by atoms with Crippen LogP contribution in [0.2, 0.25) is 0 Å². The molecule has 4 rings (SSSR count). The number of nitrogens with one attached hydrogen (secondary N) is 2. The molecule has 1 aromatic heterocycles. The Hall–Kier alpha value is -3.61. The van der Waals surface area contributed by atoms with E-state index >= 15 is 0 Å². The maximum absolute atomic E-state index is 12.8. The van der Waals surface area contributed by atoms with E-state index in [9.17, 15) is 14.7 Å². The first-order valence-corrected chi connectivity index (χ1v) is 8.17. The molecule has 2 aromatic carbocycles. The van der Waals surface area contributed by atoms with Crippen LogP contribution in [0.3, 0.4) is 0 Å². The van der Waals surface area contributed by atoms with E-state index in [1.54, 1.807) is 24.3 Å². The summed E-state index contributed by atoms with van der Waals surface area (Å²) in [5.41, 5.74) is 3.08. The quantitative estimate of drug-likeness (QED) is 0.632. The Kier molecular flexibility index (Phi) is 3.89. The van der Waals surface area contributed by atoms with Gasteiger partial charge in [-0.15, -0.1) is 0 Å². The van der Waals surface area contributed by atoms with E-state index < -0.39 is 5.91 Å². The van der Waals surface area contributed by atoms with E-state index in [0.29, 0.717) is 36.6 Å². The summed E-state index contributed by atoms with van der Waals surface area (Å²) in [6.45, 7) is 0.574. The van der Waals surface area contributed by atoms with Crippen molar-refractivity contribution in [2.75, 3.05) is 10.6 Å². The number of hydrogen-bond donors (Lipinski definition) is 3. The molecule has 2 heterocycles. The summed E-state index contributed by atoms with van der Waals surface area (Å²) >= 11 is 0. The monoisotopic (exact) mass is 348 g/mol. The number of aliphatic hydroxyl groups is 1. The second kappa shape index (κ2) is 6.36. The number of allylic oxidation sites excluding steroid dienone is 1. The van der Waals surface area contributed by atoms with E-state index in [1.165, 1.54) is 0 Å². The molecule has 0 radical (unpaired) electrons. The summed E-state index contributed by atoms with van der Waals surface area (Å²) < 4.78 is 1.95. The zero-order valence-corrected chi connectivity index (χ0v) is 13.8. The molecule has 7 heteroatoms. The highest BCUT2D eigenvalue weighted by Gasteiger charge is 2.27. The van der Waals surface area contributed by atoms with Crippen molar-refractivity contribution >= 4 is 40.3 Å². The molecule has 7 nitrogen and oxygen atoms in total. The normalized spacial score (nSPS) is 13.4. The van der Waals surface area contributed by atoms with Gasteiger partial charge >= 0.3 is 0 Å². The number of rotatable bonds is 4. The molecule has 1 aliphatic heterocycles. The van der Waals surface area contributed by atoms with Gasteiger partial charge in [-0.05, 0) is 36.4 Å². The smallest absolute Gasteiger partial charge is 0.262 e. The zero-order valence-electron chi connectivity index (χ0n) is 13.8. The number of carbonyl (C=O) groups excluding carboxylic acids is 2. The van der Waals surface area contributed by atoms with Gasteiger partial charge in [0.05, 0.1) is 11.0 Å². The van der Waals surface area contributed by atoms with Gasteiger partial charge in [-0.1, -0.05) is 12.1 Å². The largest absolute Gasteiger partial charge is 0.511 e. The molecular weight excluding hydrogens is 332 g/mol. The number of carbonyl (C=O) groups is 2. The first kappa shape index (κ1) is 15.9. The second-order valence-corrected chi connectivity index (χ2v) is 5.94. The minimum atomic E-state index is -0.421. The molecule has 2 amide bonds. The van der Waals surface area contributed by atoms with Crippen LogP contribution in [0.15, 0.2) is 54.3 Å². The average Bonchev–Trinajstić information content (AvgIpc) is 3.01. The summed E-state index contributed by atoms with van der Waals surface area (Å²) in [6.07, 6.45) is 0.960. The summed E-state index contributed by atoms with van der Waals surface area (Å²) in [6, 6.07) is 14.3. The fourth-order valence-corrected chi connectivity index (χ4v) is 3.11. The van der Waals surface area contributed by atoms with Crippen LogP contribution in [0.4, 0.5) is 11.4 Å². The van der Waals surface area contributed by atoms with Crippen LogP contribution in [0, 0.1) is 0 Å². The number of fused-ring (bicyclic) bond motifs is 3. The number of hydrogen-bond acceptors (Lipinski definition) is 4. The summed E-state index contributed by atoms with van der Waals surface area (Å²) in [4.78, 5) is 27.7. The molecule has 0 aliphatic carbocycles. The third kappa shape index (κ3) is 2.69. The van der Waals surface area contributed by atoms with Crippen molar-refractivity contribution in [3.05, 3.63) is 60.1 Å². The number of aromatic nitrogens is 2. The van der Waals surface area contributed by atoms with E-state index in [-0.39, 0.29) is 11.3 Å². The van der Waals surface area contributed by atoms with Gasteiger partial charge < -0.3 is 20.3 Å². The van der Waals surface area contributed by atoms with Gasteiger partial charge in [0.15, 0.2) is 0 Å². The van der Waals surface area contributed by atoms with Crippen molar-refractivity contribution in [1.82, 2.24) is 9.55 Å². The highest BCUT2D eigenvalue weighted by Crippen LogP contribution is 2.30. The molecule has 130 valence electrons. The Morgan fingerprint density at radius 1 is 1.12 bits per heavy atom. The van der Waals surface area contributed by atoms with Crippen LogP contribution in [-0.4, -0.2) is 27.0 Å². The molecular formula is C19H16N4O3. The standard InChI is InChI=1S/C19H16N4O3/c24-11-20-12-5-7-13(8-6-12)21-19(26)17-16(25)9-10-23-15-4-2-1-3-14(15)22-18(17)23/h1-8,11,25H,9-10H2,(H,20,24)(H,21,26). The predicted octanol–water partition coefficient (Wildman–Crippen LogP) is 2.92. The number of nitrogens with zero attached hydrogens (tertiary/aromatic N) is 2. The van der Waals surface area contributed by atoms with Crippen LogP contribution in [-0.2, 0) is 16.1 Å². The molecule has 3 N–H and O–H groups in total. The lowest BCUT2D eigenvalue weighted by molar-refractivity contribution is -0.111. The third-order valence-corrected chi connectivity index (χ3v) is 4.33. The summed E-state index contributed by atoms with van der Waals surface area (Å²) in [7, 11) is 0. The molecule has 0 bridgehead atoms. The van der Waals surface area contributed by atoms with E-state index in [1.807, 2.05) is 28.8 Å². The van der Waals surface area contributed by atoms with Crippen molar-refractivity contribution in [1.29, 1.82) is 0 Å². The van der Waals surface area contributed by atoms with Gasteiger partial charge in [0, 0.05) is 24.3 Å². The lowest BCUT2D eigenvalue weighted by Crippen LogP contribution is -2.22. The molecule has 0 spiro atoms. The van der Waals surface area contributed by atoms with Crippen molar-refractivity contribution in [2.24, 2.45) is 0 Å². The molecule has 0 atom stereocenters. The Morgan fingerprint density at radius 3 is 2.62 bits per heavy atom. The van der Waals surface area contributed by atoms with Gasteiger partial charge in [0.1, 0.15) is 17.2 Å². The average molecular weight is 348 g/mol. The van der Waals surface area contributed by atoms with Gasteiger partial charge in [-0.2, -0.15) is 0 Å². The number of aliphatic hydroxyl groups excluding tert-OH is 1. The fourth-order valence-electron chi connectivity index (χ4n) is 3.11. The number of aryl methyl sites for hydroxylation is 1. The van der Waals surface area contributed by atoms with Gasteiger partial charge in [0.25, 0.3) is 5.91 Å². The lowest BCUT2D eigenvalue weighted by Gasteiger charge is -2.18. The predicted molar refractivity (Wildman–Crippen MR) is 98.7 cm³/mol. The molecule has 3 aromatic rings. The lowest BCUT2D eigenvalue weighted by atomic mass is 10.1. The molecule has 26 heavy (non-hydrogen) atoms. The summed E-state index contributed by atoms with van der Waals surface area (Å²) in [5.74, 6) is 0.0751. The highest BCUT2D eigenvalue weighted by molar-refractivity contribution is 6.25. The molecule has 1 aliphatic rings. The number of amides is 2. The van der Waals surface area contributed by atoms with Gasteiger partial charge in [0.2, 0.25) is 6.41 Å². The number of para-hydroxylation sites is 2. The minimum absolute atomic E-state index is 0.0320. The highest BCUT2D eigenvalue weighted by atomic mass is 16.3. The van der Waals surface area contributed by atoms with Gasteiger partial charge in [-0.25, -0.2) is 4.98 Å². The number of benzene rings is 2. The number of imidazole rings is 1. The SMILES string of the molecule is O=CNc1ccc(NC(=O)C2=C(O)CCn3c2nc2ccccc23)cc1. The minimum Gasteiger partial charge on any atom is -0.511 e. The van der Waals surface area contributed by atoms with Crippen molar-refractivity contribution in [3.8, 4) is 0 Å². The second-order valence-electron chi connectivity index (χ2n) is 5.94. The van der Waals surface area contributed by atoms with Crippen molar-refractivity contribution < 1.29 is 14.7 Å². The van der Waals surface area contributed by atoms with Crippen LogP contribution in [0.25, 0.3) is 16.6 Å².